The van der Waals surface area contributed by atoms with Crippen molar-refractivity contribution >= 4 is 23.2 Å². The molecule has 3 aromatic rings. The summed E-state index contributed by atoms with van der Waals surface area (Å²) in [6.45, 7) is 5.53. The van der Waals surface area contributed by atoms with E-state index in [1.165, 1.54) is 44.9 Å². The van der Waals surface area contributed by atoms with Crippen LogP contribution < -0.4 is 10.2 Å². The minimum absolute atomic E-state index is 0.0345. The molecular formula is C39H36N4. The van der Waals surface area contributed by atoms with Crippen LogP contribution in [0.4, 0.5) is 5.69 Å². The Bertz CT molecular complexity index is 1850. The van der Waals surface area contributed by atoms with Crippen LogP contribution in [0.2, 0.25) is 0 Å². The van der Waals surface area contributed by atoms with E-state index in [4.69, 9.17) is 4.99 Å². The van der Waals surface area contributed by atoms with Crippen molar-refractivity contribution in [1.29, 1.82) is 0 Å². The fraction of sp³-hybridized carbons (Fsp3) is 0.205. The normalized spacial score (nSPS) is 23.1. The molecule has 8 rings (SSSR count). The summed E-state index contributed by atoms with van der Waals surface area (Å²) in [5.41, 5.74) is 12.3. The summed E-state index contributed by atoms with van der Waals surface area (Å²) in [6, 6.07) is 28.4. The fourth-order valence-corrected chi connectivity index (χ4v) is 7.45. The van der Waals surface area contributed by atoms with Crippen LogP contribution in [0.1, 0.15) is 42.5 Å². The summed E-state index contributed by atoms with van der Waals surface area (Å²) in [6.07, 6.45) is 16.8. The molecule has 0 aromatic heterocycles. The maximum atomic E-state index is 5.41. The van der Waals surface area contributed by atoms with Crippen molar-refractivity contribution < 1.29 is 0 Å². The van der Waals surface area contributed by atoms with E-state index in [0.717, 1.165) is 30.1 Å². The van der Waals surface area contributed by atoms with Crippen LogP contribution in [0, 0.1) is 5.92 Å². The first-order chi connectivity index (χ1) is 21.0. The maximum absolute atomic E-state index is 5.41. The molecule has 0 fully saturated rings. The first kappa shape index (κ1) is 25.8. The number of allylic oxidation sites excluding steroid dienone is 5. The van der Waals surface area contributed by atoms with Crippen molar-refractivity contribution in [2.24, 2.45) is 10.9 Å². The number of hydrogen-bond donors (Lipinski definition) is 1. The lowest BCUT2D eigenvalue weighted by molar-refractivity contribution is 0.246. The number of rotatable bonds is 3. The molecule has 2 unspecified atom stereocenters. The quantitative estimate of drug-likeness (QED) is 0.354. The van der Waals surface area contributed by atoms with Gasteiger partial charge in [0.05, 0.1) is 17.1 Å². The average Bonchev–Trinajstić information content (AvgIpc) is 3.17. The third kappa shape index (κ3) is 4.00. The molecule has 0 bridgehead atoms. The molecule has 4 heteroatoms. The van der Waals surface area contributed by atoms with E-state index in [1.54, 1.807) is 0 Å². The van der Waals surface area contributed by atoms with Gasteiger partial charge in [0.2, 0.25) is 0 Å². The first-order valence-electron chi connectivity index (χ1n) is 15.3. The SMILES string of the molecule is CN1C(N2C3=C(C=Cc4ccccc42)CNC2=C3C(C)(C)c3ccccc32)=CC(c2ccccc2)=NC1C1C=CC=CC1. The lowest BCUT2D eigenvalue weighted by Crippen LogP contribution is -2.46. The number of nitrogens with zero attached hydrogens (tertiary/aromatic N) is 3. The molecular weight excluding hydrogens is 524 g/mol. The second kappa shape index (κ2) is 9.88. The second-order valence-electron chi connectivity index (χ2n) is 12.5. The summed E-state index contributed by atoms with van der Waals surface area (Å²) in [4.78, 5) is 10.4. The lowest BCUT2D eigenvalue weighted by Gasteiger charge is -2.45. The third-order valence-corrected chi connectivity index (χ3v) is 9.60. The summed E-state index contributed by atoms with van der Waals surface area (Å²) in [5, 5.41) is 3.85. The highest BCUT2D eigenvalue weighted by Crippen LogP contribution is 2.53. The molecule has 0 radical (unpaired) electrons. The Morgan fingerprint density at radius 1 is 0.884 bits per heavy atom. The van der Waals surface area contributed by atoms with Crippen molar-refractivity contribution in [1.82, 2.24) is 10.2 Å². The Kier molecular flexibility index (Phi) is 5.94. The van der Waals surface area contributed by atoms with Gasteiger partial charge >= 0.3 is 0 Å². The molecule has 1 N–H and O–H groups in total. The van der Waals surface area contributed by atoms with Gasteiger partial charge in [-0.3, -0.25) is 9.89 Å². The van der Waals surface area contributed by atoms with Crippen molar-refractivity contribution in [3.8, 4) is 0 Å². The molecule has 3 heterocycles. The molecule has 0 saturated carbocycles. The first-order valence-corrected chi connectivity index (χ1v) is 15.3. The van der Waals surface area contributed by atoms with Gasteiger partial charge in [-0.05, 0) is 34.8 Å². The van der Waals surface area contributed by atoms with Crippen LogP contribution in [0.5, 0.6) is 0 Å². The van der Waals surface area contributed by atoms with Gasteiger partial charge < -0.3 is 10.2 Å². The van der Waals surface area contributed by atoms with E-state index in [0.29, 0.717) is 0 Å². The van der Waals surface area contributed by atoms with Gasteiger partial charge in [0.15, 0.2) is 0 Å². The van der Waals surface area contributed by atoms with Crippen LogP contribution >= 0.6 is 0 Å². The number of anilines is 1. The Labute approximate surface area is 254 Å². The molecule has 212 valence electrons. The zero-order valence-corrected chi connectivity index (χ0v) is 25.0. The number of nitrogens with one attached hydrogen (secondary N) is 1. The van der Waals surface area contributed by atoms with Gasteiger partial charge in [-0.25, -0.2) is 0 Å². The van der Waals surface area contributed by atoms with E-state index < -0.39 is 0 Å². The van der Waals surface area contributed by atoms with Gasteiger partial charge in [0.1, 0.15) is 12.0 Å². The molecule has 5 aliphatic rings. The third-order valence-electron chi connectivity index (χ3n) is 9.60. The number of hydrogen-bond acceptors (Lipinski definition) is 4. The number of fused-ring (bicyclic) bond motifs is 4. The number of aliphatic imine (C=N–C) groups is 1. The number of benzene rings is 3. The van der Waals surface area contributed by atoms with E-state index >= 15 is 0 Å². The van der Waals surface area contributed by atoms with E-state index in [1.807, 2.05) is 0 Å². The van der Waals surface area contributed by atoms with Crippen molar-refractivity contribution in [3.63, 3.8) is 0 Å². The number of dihydropyridines is 1. The highest BCUT2D eigenvalue weighted by atomic mass is 15.4. The molecule has 0 amide bonds. The minimum Gasteiger partial charge on any atom is -0.380 e. The summed E-state index contributed by atoms with van der Waals surface area (Å²) in [5.74, 6) is 1.42. The van der Waals surface area contributed by atoms with E-state index in [-0.39, 0.29) is 17.5 Å². The smallest absolute Gasteiger partial charge is 0.129 e. The topological polar surface area (TPSA) is 30.9 Å². The minimum atomic E-state index is -0.175. The van der Waals surface area contributed by atoms with Gasteiger partial charge in [0.25, 0.3) is 0 Å². The molecule has 3 aliphatic heterocycles. The van der Waals surface area contributed by atoms with Crippen LogP contribution in [0.25, 0.3) is 11.8 Å². The predicted octanol–water partition coefficient (Wildman–Crippen LogP) is 7.81. The van der Waals surface area contributed by atoms with Crippen LogP contribution in [-0.4, -0.2) is 30.4 Å². The van der Waals surface area contributed by atoms with Gasteiger partial charge in [0, 0.05) is 47.8 Å². The molecule has 43 heavy (non-hydrogen) atoms. The standard InChI is InChI=1S/C39H36N4/c1-39(2)31-20-12-11-19-30(31)36-35(39)37-29(25-40-36)23-22-27-16-10-13-21-33(27)43(37)34-24-32(26-14-6-4-7-15-26)41-38(42(34)3)28-17-8-5-9-18-28/h4-17,19-24,28,38,40H,18,25H2,1-3H3. The van der Waals surface area contributed by atoms with Gasteiger partial charge in [-0.15, -0.1) is 0 Å². The molecule has 0 spiro atoms. The summed E-state index contributed by atoms with van der Waals surface area (Å²) >= 11 is 0. The van der Waals surface area contributed by atoms with Crippen molar-refractivity contribution in [2.75, 3.05) is 18.5 Å². The fourth-order valence-electron chi connectivity index (χ4n) is 7.45. The van der Waals surface area contributed by atoms with Gasteiger partial charge in [-0.1, -0.05) is 123 Å². The highest BCUT2D eigenvalue weighted by Gasteiger charge is 2.45. The molecule has 3 aromatic carbocycles. The largest absolute Gasteiger partial charge is 0.380 e. The molecule has 2 atom stereocenters. The summed E-state index contributed by atoms with van der Waals surface area (Å²) < 4.78 is 0. The van der Waals surface area contributed by atoms with Crippen LogP contribution in [0.15, 0.2) is 143 Å². The molecule has 4 nitrogen and oxygen atoms in total. The van der Waals surface area contributed by atoms with Gasteiger partial charge in [-0.2, -0.15) is 0 Å². The average molecular weight is 561 g/mol. The predicted molar refractivity (Wildman–Crippen MR) is 178 cm³/mol. The van der Waals surface area contributed by atoms with Crippen molar-refractivity contribution in [2.45, 2.75) is 31.8 Å². The Morgan fingerprint density at radius 2 is 1.67 bits per heavy atom. The monoisotopic (exact) mass is 560 g/mol. The second-order valence-corrected chi connectivity index (χ2v) is 12.5. The van der Waals surface area contributed by atoms with E-state index in [2.05, 4.69) is 157 Å². The molecule has 2 aliphatic carbocycles. The zero-order chi connectivity index (χ0) is 29.1. The lowest BCUT2D eigenvalue weighted by atomic mass is 9.78. The Hall–Kier alpha value is -4.83. The van der Waals surface area contributed by atoms with Crippen LogP contribution in [0.3, 0.4) is 0 Å². The summed E-state index contributed by atoms with van der Waals surface area (Å²) in [7, 11) is 2.22. The molecule has 0 saturated heterocycles. The van der Waals surface area contributed by atoms with E-state index in [9.17, 15) is 0 Å². The zero-order valence-electron chi connectivity index (χ0n) is 25.0. The highest BCUT2D eigenvalue weighted by molar-refractivity contribution is 6.10. The Balaban J connectivity index is 1.37. The number of para-hydroxylation sites is 1. The maximum Gasteiger partial charge on any atom is 0.129 e. The Morgan fingerprint density at radius 3 is 2.51 bits per heavy atom. The van der Waals surface area contributed by atoms with Crippen molar-refractivity contribution in [3.05, 3.63) is 160 Å². The van der Waals surface area contributed by atoms with Crippen LogP contribution in [-0.2, 0) is 5.41 Å².